The molecule has 4 rings (SSSR count). The van der Waals surface area contributed by atoms with Crippen molar-refractivity contribution in [2.45, 2.75) is 175 Å². The Morgan fingerprint density at radius 1 is 0.506 bits per heavy atom. The zero-order valence-corrected chi connectivity index (χ0v) is 46.6. The van der Waals surface area contributed by atoms with E-state index in [4.69, 9.17) is 0 Å². The molecule has 18 nitrogen and oxygen atoms in total. The number of alkyl halides is 4. The average molecular weight is 1110 g/mol. The number of halogens is 4. The molecule has 0 radical (unpaired) electrons. The number of Topliss-reactive ketones (excluding diaryl/α,β-unsaturated/α-hetero) is 6. The Bertz CT molecular complexity index is 2540. The summed E-state index contributed by atoms with van der Waals surface area (Å²) in [5.41, 5.74) is 1.35. The van der Waals surface area contributed by atoms with Gasteiger partial charge in [0.1, 0.15) is 24.2 Å². The molecule has 2 aromatic rings. The molecule has 6 amide bonds. The fraction of sp³-hybridized carbons (Fsp3) is 0.579. The summed E-state index contributed by atoms with van der Waals surface area (Å²) in [5, 5.41) is 9.52. The van der Waals surface area contributed by atoms with Gasteiger partial charge < -0.3 is 31.1 Å². The van der Waals surface area contributed by atoms with E-state index in [1.54, 1.807) is 88.4 Å². The van der Waals surface area contributed by atoms with Crippen LogP contribution in [0.5, 0.6) is 0 Å². The van der Waals surface area contributed by atoms with Gasteiger partial charge in [0.25, 0.3) is 11.8 Å². The van der Waals surface area contributed by atoms with Crippen LogP contribution < -0.4 is 21.3 Å². The number of benzene rings is 2. The maximum Gasteiger partial charge on any atom is 0.364 e. The molecule has 434 valence electrons. The molecule has 2 aromatic carbocycles. The second kappa shape index (κ2) is 29.8. The molecular formula is C57H76F4N6O12. The molecular weight excluding hydrogens is 1040 g/mol. The highest BCUT2D eigenvalue weighted by Crippen LogP contribution is 2.28. The minimum Gasteiger partial charge on any atom is -0.344 e. The number of rotatable bonds is 27. The highest BCUT2D eigenvalue weighted by atomic mass is 19.3. The molecule has 2 unspecified atom stereocenters. The van der Waals surface area contributed by atoms with Gasteiger partial charge in [-0.2, -0.15) is 17.6 Å². The lowest BCUT2D eigenvalue weighted by Gasteiger charge is -2.32. The lowest BCUT2D eigenvalue weighted by molar-refractivity contribution is -0.160. The van der Waals surface area contributed by atoms with Gasteiger partial charge in [0, 0.05) is 39.3 Å². The van der Waals surface area contributed by atoms with E-state index >= 15 is 0 Å². The van der Waals surface area contributed by atoms with Crippen molar-refractivity contribution < 1.29 is 75.1 Å². The molecule has 0 aromatic heterocycles. The maximum atomic E-state index is 15.0. The number of ketones is 6. The van der Waals surface area contributed by atoms with Crippen LogP contribution >= 0.6 is 0 Å². The molecule has 6 atom stereocenters. The van der Waals surface area contributed by atoms with Crippen LogP contribution in [0.15, 0.2) is 60.7 Å². The van der Waals surface area contributed by atoms with Gasteiger partial charge >= 0.3 is 11.8 Å². The fourth-order valence-electron chi connectivity index (χ4n) is 8.97. The number of hydrogen-bond donors (Lipinski definition) is 4. The molecule has 79 heavy (non-hydrogen) atoms. The van der Waals surface area contributed by atoms with Gasteiger partial charge in [-0.05, 0) is 73.3 Å². The van der Waals surface area contributed by atoms with Gasteiger partial charge in [0.05, 0.1) is 12.1 Å². The number of carbonyl (C=O) groups excluding carboxylic acids is 12. The number of amides is 6. The number of carbonyl (C=O) groups is 12. The van der Waals surface area contributed by atoms with E-state index in [1.807, 2.05) is 0 Å². The number of nitrogens with zero attached hydrogens (tertiary/aromatic N) is 2. The van der Waals surface area contributed by atoms with Crippen molar-refractivity contribution in [3.8, 4) is 0 Å². The van der Waals surface area contributed by atoms with E-state index in [0.717, 1.165) is 6.92 Å². The lowest BCUT2D eigenvalue weighted by Crippen LogP contribution is -2.59. The van der Waals surface area contributed by atoms with Crippen molar-refractivity contribution in [2.24, 2.45) is 23.7 Å². The second-order valence-corrected chi connectivity index (χ2v) is 21.3. The summed E-state index contributed by atoms with van der Waals surface area (Å²) in [6, 6.07) is 9.51. The first-order valence-corrected chi connectivity index (χ1v) is 26.8. The SMILES string of the molecule is CC(=O)C(=O)N[C@H](C(=O)N1CCCC1C(=O)N[C@H](C(=O)C(F)(F)C(=O)CCc1ccccc1)C(C)C)C(C)C.CCC(=O)C(=O)N[C@H](C(=O)N1CCCC1C(=O)N[C@H](C(=O)C(F)(F)C(=O)CCc1ccccc1)C(C)C)C(C)C. The van der Waals surface area contributed by atoms with Crippen LogP contribution in [0.2, 0.25) is 0 Å². The van der Waals surface area contributed by atoms with Crippen LogP contribution in [0.25, 0.3) is 0 Å². The highest BCUT2D eigenvalue weighted by Gasteiger charge is 2.52. The first kappa shape index (κ1) is 66.3. The summed E-state index contributed by atoms with van der Waals surface area (Å²) in [5.74, 6) is -23.5. The van der Waals surface area contributed by atoms with Gasteiger partial charge in [0.15, 0.2) is 0 Å². The number of likely N-dealkylation sites (tertiary alicyclic amines) is 2. The first-order valence-electron chi connectivity index (χ1n) is 26.8. The molecule has 2 fully saturated rings. The summed E-state index contributed by atoms with van der Waals surface area (Å²) in [6.07, 6.45) is 0.252. The van der Waals surface area contributed by atoms with Gasteiger partial charge in [-0.3, -0.25) is 57.5 Å². The molecule has 2 aliphatic heterocycles. The van der Waals surface area contributed by atoms with Crippen molar-refractivity contribution in [1.29, 1.82) is 0 Å². The van der Waals surface area contributed by atoms with Gasteiger partial charge in [-0.15, -0.1) is 0 Å². The summed E-state index contributed by atoms with van der Waals surface area (Å²) < 4.78 is 59.9. The lowest BCUT2D eigenvalue weighted by atomic mass is 9.91. The third-order valence-electron chi connectivity index (χ3n) is 13.8. The summed E-state index contributed by atoms with van der Waals surface area (Å²) >= 11 is 0. The molecule has 0 spiro atoms. The fourth-order valence-corrected chi connectivity index (χ4v) is 8.97. The molecule has 22 heteroatoms. The topological polar surface area (TPSA) is 259 Å². The van der Waals surface area contributed by atoms with Crippen molar-refractivity contribution in [1.82, 2.24) is 31.1 Å². The largest absolute Gasteiger partial charge is 0.364 e. The number of hydrogen-bond acceptors (Lipinski definition) is 12. The Morgan fingerprint density at radius 2 is 0.835 bits per heavy atom. The van der Waals surface area contributed by atoms with E-state index in [-0.39, 0.29) is 45.2 Å². The highest BCUT2D eigenvalue weighted by molar-refractivity contribution is 6.36. The van der Waals surface area contributed by atoms with Crippen LogP contribution in [0.4, 0.5) is 17.6 Å². The predicted octanol–water partition coefficient (Wildman–Crippen LogP) is 4.90. The van der Waals surface area contributed by atoms with Crippen LogP contribution in [0.3, 0.4) is 0 Å². The molecule has 2 heterocycles. The quantitative estimate of drug-likeness (QED) is 0.0530. The van der Waals surface area contributed by atoms with Gasteiger partial charge in [0.2, 0.25) is 58.3 Å². The Hall–Kier alpha value is -7.00. The Kier molecular flexibility index (Phi) is 25.0. The van der Waals surface area contributed by atoms with E-state index in [0.29, 0.717) is 24.0 Å². The minimum atomic E-state index is -4.30. The predicted molar refractivity (Wildman–Crippen MR) is 282 cm³/mol. The normalized spacial score (nSPS) is 17.0. The molecule has 2 saturated heterocycles. The summed E-state index contributed by atoms with van der Waals surface area (Å²) in [7, 11) is 0. The third kappa shape index (κ3) is 18.0. The summed E-state index contributed by atoms with van der Waals surface area (Å²) in [6.45, 7) is 15.5. The zero-order valence-electron chi connectivity index (χ0n) is 46.6. The van der Waals surface area contributed by atoms with Crippen molar-refractivity contribution >= 4 is 70.1 Å². The molecule has 2 aliphatic rings. The van der Waals surface area contributed by atoms with Gasteiger partial charge in [-0.1, -0.05) is 123 Å². The average Bonchev–Trinajstić information content (AvgIpc) is 4.15. The zero-order chi connectivity index (χ0) is 59.7. The monoisotopic (exact) mass is 1110 g/mol. The van der Waals surface area contributed by atoms with Gasteiger partial charge in [-0.25, -0.2) is 0 Å². The van der Waals surface area contributed by atoms with E-state index in [1.165, 1.54) is 44.4 Å². The van der Waals surface area contributed by atoms with Crippen molar-refractivity contribution in [3.63, 3.8) is 0 Å². The number of nitrogens with one attached hydrogen (secondary N) is 4. The van der Waals surface area contributed by atoms with Crippen molar-refractivity contribution in [2.75, 3.05) is 13.1 Å². The van der Waals surface area contributed by atoms with E-state index < -0.39 is 155 Å². The molecule has 0 bridgehead atoms. The molecule has 4 N–H and O–H groups in total. The molecule has 0 aliphatic carbocycles. The Balaban J connectivity index is 0.000000415. The summed E-state index contributed by atoms with van der Waals surface area (Å²) in [4.78, 5) is 153. The van der Waals surface area contributed by atoms with E-state index in [9.17, 15) is 75.1 Å². The van der Waals surface area contributed by atoms with Crippen LogP contribution in [0.1, 0.15) is 125 Å². The second-order valence-electron chi connectivity index (χ2n) is 21.3. The first-order chi connectivity index (χ1) is 36.9. The number of aryl methyl sites for hydroxylation is 2. The maximum absolute atomic E-state index is 15.0. The minimum absolute atomic E-state index is 0.0381. The van der Waals surface area contributed by atoms with Crippen LogP contribution in [-0.2, 0) is 70.4 Å². The molecule has 0 saturated carbocycles. The Labute approximate surface area is 458 Å². The van der Waals surface area contributed by atoms with Crippen LogP contribution in [0, 0.1) is 23.7 Å². The van der Waals surface area contributed by atoms with E-state index in [2.05, 4.69) is 21.3 Å². The Morgan fingerprint density at radius 3 is 1.14 bits per heavy atom. The van der Waals surface area contributed by atoms with Crippen LogP contribution in [-0.4, -0.2) is 141 Å². The van der Waals surface area contributed by atoms with Crippen molar-refractivity contribution in [3.05, 3.63) is 71.8 Å². The smallest absolute Gasteiger partial charge is 0.344 e. The standard InChI is InChI=1S/C29H39F2N3O6.C28H37F2N3O6/c1-6-21(35)27(39)33-24(18(4)5)28(40)34-16-10-13-20(34)26(38)32-23(17(2)3)25(37)29(30,31)22(36)15-14-19-11-8-7-9-12-19;1-16(2)22(24(36)28(29,30)21(35)14-13-19-10-7-6-8-11-19)31-26(38)20-12-9-15-33(20)27(39)23(17(3)4)32-25(37)18(5)34/h7-9,11-12,17-18,20,23-24H,6,10,13-16H2,1-5H3,(H,32,38)(H,33,39);6-8,10-11,16-17,20,22-23H,9,12-15H2,1-5H3,(H,31,38)(H,32,37)/t20?,23-,24-;20?,22-,23-/m00/s1. The third-order valence-corrected chi connectivity index (χ3v) is 13.8.